The minimum absolute atomic E-state index is 0.580. The second-order valence-corrected chi connectivity index (χ2v) is 3.24. The van der Waals surface area contributed by atoms with Gasteiger partial charge in [0.2, 0.25) is 0 Å². The zero-order valence-corrected chi connectivity index (χ0v) is 9.72. The number of nitriles is 1. The van der Waals surface area contributed by atoms with Gasteiger partial charge in [0.1, 0.15) is 17.4 Å². The van der Waals surface area contributed by atoms with Crippen LogP contribution in [0, 0.1) is 21.4 Å². The summed E-state index contributed by atoms with van der Waals surface area (Å²) >= 11 is 0. The first kappa shape index (κ1) is 15.2. The van der Waals surface area contributed by atoms with Crippen molar-refractivity contribution in [1.82, 2.24) is 0 Å². The van der Waals surface area contributed by atoms with Crippen molar-refractivity contribution in [2.24, 2.45) is 0 Å². The lowest BCUT2D eigenvalue weighted by atomic mass is 10.1. The molecule has 0 atom stereocenters. The summed E-state index contributed by atoms with van der Waals surface area (Å²) in [5, 5.41) is 19.6. The van der Waals surface area contributed by atoms with Crippen LogP contribution in [0.25, 0.3) is 0 Å². The quantitative estimate of drug-likeness (QED) is 0.480. The molecule has 0 radical (unpaired) electrons. The topological polar surface area (TPSA) is 102 Å². The van der Waals surface area contributed by atoms with E-state index in [0.29, 0.717) is 12.1 Å². The largest absolute Gasteiger partial charge is 0.573 e. The van der Waals surface area contributed by atoms with Gasteiger partial charge in [-0.05, 0) is 6.07 Å². The lowest BCUT2D eigenvalue weighted by Gasteiger charge is -2.12. The normalized spacial score (nSPS) is 10.6. The maximum absolute atomic E-state index is 12.1. The van der Waals surface area contributed by atoms with E-state index < -0.39 is 39.8 Å². The summed E-state index contributed by atoms with van der Waals surface area (Å²) in [6.45, 7) is 0. The Labute approximate surface area is 109 Å². The van der Waals surface area contributed by atoms with Crippen LogP contribution in [0.3, 0.4) is 0 Å². The smallest absolute Gasteiger partial charge is 0.465 e. The number of benzene rings is 1. The minimum Gasteiger partial charge on any atom is -0.465 e. The highest BCUT2D eigenvalue weighted by Gasteiger charge is 2.35. The first-order valence-electron chi connectivity index (χ1n) is 4.76. The van der Waals surface area contributed by atoms with Crippen molar-refractivity contribution in [1.29, 1.82) is 5.26 Å². The van der Waals surface area contributed by atoms with Crippen molar-refractivity contribution in [2.45, 2.75) is 6.36 Å². The standard InChI is InChI=1S/C10H5F3N2O5/c1-19-9(16)8-5(4-14)7(20-10(11,12)13)3-2-6(8)15(17)18/h2-3H,1H3. The van der Waals surface area contributed by atoms with Crippen LogP contribution in [0.5, 0.6) is 5.75 Å². The Balaban J connectivity index is 3.57. The molecule has 0 amide bonds. The highest BCUT2D eigenvalue weighted by atomic mass is 19.4. The third-order valence-corrected chi connectivity index (χ3v) is 2.07. The maximum atomic E-state index is 12.1. The summed E-state index contributed by atoms with van der Waals surface area (Å²) in [7, 11) is 0.866. The van der Waals surface area contributed by atoms with E-state index in [1.807, 2.05) is 0 Å². The summed E-state index contributed by atoms with van der Waals surface area (Å²) in [6.07, 6.45) is -5.12. The van der Waals surface area contributed by atoms with Gasteiger partial charge in [-0.25, -0.2) is 4.79 Å². The van der Waals surface area contributed by atoms with Crippen molar-refractivity contribution in [3.05, 3.63) is 33.4 Å². The van der Waals surface area contributed by atoms with Crippen molar-refractivity contribution in [2.75, 3.05) is 7.11 Å². The van der Waals surface area contributed by atoms with Crippen LogP contribution in [-0.4, -0.2) is 24.4 Å². The van der Waals surface area contributed by atoms with Crippen LogP contribution in [-0.2, 0) is 4.74 Å². The van der Waals surface area contributed by atoms with E-state index in [0.717, 1.165) is 7.11 Å². The van der Waals surface area contributed by atoms with Gasteiger partial charge in [0.25, 0.3) is 5.69 Å². The zero-order chi connectivity index (χ0) is 15.5. The number of nitro groups is 1. The van der Waals surface area contributed by atoms with E-state index in [2.05, 4.69) is 9.47 Å². The third kappa shape index (κ3) is 3.14. The molecule has 1 aromatic carbocycles. The second-order valence-electron chi connectivity index (χ2n) is 3.24. The zero-order valence-electron chi connectivity index (χ0n) is 9.72. The predicted octanol–water partition coefficient (Wildman–Crippen LogP) is 2.15. The molecule has 0 saturated carbocycles. The Morgan fingerprint density at radius 2 is 2.05 bits per heavy atom. The SMILES string of the molecule is COC(=O)c1c([N+](=O)[O-])ccc(OC(F)(F)F)c1C#N. The maximum Gasteiger partial charge on any atom is 0.573 e. The number of ether oxygens (including phenoxy) is 2. The van der Waals surface area contributed by atoms with Crippen molar-refractivity contribution in [3.63, 3.8) is 0 Å². The molecule has 7 nitrogen and oxygen atoms in total. The molecule has 1 aromatic rings. The molecule has 106 valence electrons. The van der Waals surface area contributed by atoms with Crippen LogP contribution >= 0.6 is 0 Å². The molecule has 0 spiro atoms. The number of esters is 1. The van der Waals surface area contributed by atoms with Gasteiger partial charge in [0.15, 0.2) is 5.56 Å². The molecule has 0 N–H and O–H groups in total. The van der Waals surface area contributed by atoms with Crippen LogP contribution in [0.2, 0.25) is 0 Å². The lowest BCUT2D eigenvalue weighted by molar-refractivity contribution is -0.385. The van der Waals surface area contributed by atoms with Crippen molar-refractivity contribution in [3.8, 4) is 11.8 Å². The summed E-state index contributed by atoms with van der Waals surface area (Å²) in [4.78, 5) is 21.1. The highest BCUT2D eigenvalue weighted by Crippen LogP contribution is 2.33. The van der Waals surface area contributed by atoms with E-state index in [4.69, 9.17) is 5.26 Å². The highest BCUT2D eigenvalue weighted by molar-refractivity contribution is 5.97. The Morgan fingerprint density at radius 1 is 1.45 bits per heavy atom. The summed E-state index contributed by atoms with van der Waals surface area (Å²) in [5.41, 5.74) is -2.69. The molecule has 0 aliphatic carbocycles. The van der Waals surface area contributed by atoms with Gasteiger partial charge in [0.05, 0.1) is 12.0 Å². The fourth-order valence-electron chi connectivity index (χ4n) is 1.35. The number of halogens is 3. The predicted molar refractivity (Wildman–Crippen MR) is 55.8 cm³/mol. The lowest BCUT2D eigenvalue weighted by Crippen LogP contribution is -2.19. The average Bonchev–Trinajstić information content (AvgIpc) is 2.34. The fourth-order valence-corrected chi connectivity index (χ4v) is 1.35. The number of hydrogen-bond acceptors (Lipinski definition) is 6. The molecule has 0 aromatic heterocycles. The number of rotatable bonds is 3. The monoisotopic (exact) mass is 290 g/mol. The van der Waals surface area contributed by atoms with Crippen LogP contribution in [0.4, 0.5) is 18.9 Å². The van der Waals surface area contributed by atoms with E-state index >= 15 is 0 Å². The molecular formula is C10H5F3N2O5. The van der Waals surface area contributed by atoms with Gasteiger partial charge in [-0.2, -0.15) is 5.26 Å². The van der Waals surface area contributed by atoms with Crippen LogP contribution in [0.15, 0.2) is 12.1 Å². The Bertz CT molecular complexity index is 606. The Kier molecular flexibility index (Phi) is 4.14. The molecule has 0 heterocycles. The average molecular weight is 290 g/mol. The molecule has 0 unspecified atom stereocenters. The van der Waals surface area contributed by atoms with Crippen molar-refractivity contribution >= 4 is 11.7 Å². The fraction of sp³-hybridized carbons (Fsp3) is 0.200. The van der Waals surface area contributed by atoms with E-state index in [9.17, 15) is 28.1 Å². The number of carbonyl (C=O) groups is 1. The molecule has 10 heteroatoms. The van der Waals surface area contributed by atoms with Gasteiger partial charge in [0, 0.05) is 6.07 Å². The Morgan fingerprint density at radius 3 is 2.45 bits per heavy atom. The van der Waals surface area contributed by atoms with Gasteiger partial charge in [-0.15, -0.1) is 13.2 Å². The number of alkyl halides is 3. The summed E-state index contributed by atoms with van der Waals surface area (Å²) in [6, 6.07) is 2.47. The van der Waals surface area contributed by atoms with Crippen LogP contribution < -0.4 is 4.74 Å². The first-order valence-corrected chi connectivity index (χ1v) is 4.76. The van der Waals surface area contributed by atoms with E-state index in [1.165, 1.54) is 6.07 Å². The summed E-state index contributed by atoms with van der Waals surface area (Å²) < 4.78 is 44.2. The van der Waals surface area contributed by atoms with Gasteiger partial charge < -0.3 is 9.47 Å². The van der Waals surface area contributed by atoms with Gasteiger partial charge in [-0.3, -0.25) is 10.1 Å². The molecule has 0 bridgehead atoms. The molecule has 0 fully saturated rings. The molecule has 0 aliphatic rings. The van der Waals surface area contributed by atoms with Crippen molar-refractivity contribution < 1.29 is 32.4 Å². The van der Waals surface area contributed by atoms with E-state index in [1.54, 1.807) is 0 Å². The second kappa shape index (κ2) is 5.43. The Hall–Kier alpha value is -2.83. The van der Waals surface area contributed by atoms with Crippen LogP contribution in [0.1, 0.15) is 15.9 Å². The number of carbonyl (C=O) groups excluding carboxylic acids is 1. The molecule has 20 heavy (non-hydrogen) atoms. The first-order chi connectivity index (χ1) is 9.21. The van der Waals surface area contributed by atoms with E-state index in [-0.39, 0.29) is 0 Å². The molecule has 0 saturated heterocycles. The molecule has 1 rings (SSSR count). The van der Waals surface area contributed by atoms with Gasteiger partial charge in [-0.1, -0.05) is 0 Å². The summed E-state index contributed by atoms with van der Waals surface area (Å²) in [5.74, 6) is -2.34. The number of nitrogens with zero attached hydrogens (tertiary/aromatic N) is 2. The third-order valence-electron chi connectivity index (χ3n) is 2.07. The number of nitro benzene ring substituents is 1. The minimum atomic E-state index is -5.12. The number of hydrogen-bond donors (Lipinski definition) is 0. The van der Waals surface area contributed by atoms with Gasteiger partial charge >= 0.3 is 12.3 Å². The number of methoxy groups -OCH3 is 1. The molecular weight excluding hydrogens is 285 g/mol. The molecule has 0 aliphatic heterocycles.